The summed E-state index contributed by atoms with van der Waals surface area (Å²) in [5.74, 6) is -0.197. The molecule has 0 spiro atoms. The maximum Gasteiger partial charge on any atom is 0.258 e. The number of nitrogens with zero attached hydrogens (tertiary/aromatic N) is 2. The number of aromatic nitrogens is 2. The minimum Gasteiger partial charge on any atom is -0.325 e. The van der Waals surface area contributed by atoms with E-state index < -0.39 is 0 Å². The third-order valence-corrected chi connectivity index (χ3v) is 6.45. The van der Waals surface area contributed by atoms with Crippen molar-refractivity contribution in [2.75, 3.05) is 16.4 Å². The fraction of sp³-hybridized carbons (Fsp3) is 0.273. The molecule has 2 amide bonds. The van der Waals surface area contributed by atoms with Gasteiger partial charge in [0, 0.05) is 16.0 Å². The molecule has 30 heavy (non-hydrogen) atoms. The molecule has 0 aliphatic carbocycles. The largest absolute Gasteiger partial charge is 0.325 e. The van der Waals surface area contributed by atoms with Crippen molar-refractivity contribution in [3.05, 3.63) is 64.7 Å². The van der Waals surface area contributed by atoms with E-state index in [9.17, 15) is 9.59 Å². The highest BCUT2D eigenvalue weighted by atomic mass is 32.2. The first kappa shape index (κ1) is 22.0. The van der Waals surface area contributed by atoms with Gasteiger partial charge >= 0.3 is 0 Å². The second kappa shape index (κ2) is 9.40. The lowest BCUT2D eigenvalue weighted by atomic mass is 9.98. The van der Waals surface area contributed by atoms with Gasteiger partial charge in [0.05, 0.1) is 11.3 Å². The number of hydrogen-bond donors (Lipinski definition) is 2. The zero-order chi connectivity index (χ0) is 21.7. The number of rotatable bonds is 6. The maximum absolute atomic E-state index is 12.8. The van der Waals surface area contributed by atoms with Crippen LogP contribution in [0.25, 0.3) is 0 Å². The van der Waals surface area contributed by atoms with E-state index in [-0.39, 0.29) is 23.0 Å². The van der Waals surface area contributed by atoms with Crippen molar-refractivity contribution in [1.82, 2.24) is 10.2 Å². The van der Waals surface area contributed by atoms with Gasteiger partial charge in [0.1, 0.15) is 5.01 Å². The lowest BCUT2D eigenvalue weighted by molar-refractivity contribution is -0.113. The van der Waals surface area contributed by atoms with Crippen molar-refractivity contribution in [1.29, 1.82) is 0 Å². The second-order valence-electron chi connectivity index (χ2n) is 7.82. The smallest absolute Gasteiger partial charge is 0.258 e. The summed E-state index contributed by atoms with van der Waals surface area (Å²) >= 11 is 2.68. The Morgan fingerprint density at radius 3 is 2.37 bits per heavy atom. The van der Waals surface area contributed by atoms with E-state index >= 15 is 0 Å². The molecule has 2 aromatic carbocycles. The van der Waals surface area contributed by atoms with Crippen LogP contribution in [0.4, 0.5) is 10.8 Å². The fourth-order valence-corrected chi connectivity index (χ4v) is 4.14. The van der Waals surface area contributed by atoms with E-state index in [1.54, 1.807) is 12.1 Å². The lowest BCUT2D eigenvalue weighted by Gasteiger charge is -2.12. The fourth-order valence-electron chi connectivity index (χ4n) is 2.50. The molecule has 0 atom stereocenters. The van der Waals surface area contributed by atoms with E-state index in [0.717, 1.165) is 21.2 Å². The van der Waals surface area contributed by atoms with Crippen LogP contribution in [-0.4, -0.2) is 27.8 Å². The summed E-state index contributed by atoms with van der Waals surface area (Å²) in [7, 11) is 0. The molecule has 3 rings (SSSR count). The standard InChI is InChI=1S/C22H24N4O2S2/c1-14-9-11-15(12-10-14)23-18(27)13-29-17-8-6-5-7-16(17)19(28)24-21-26-25-20(30-21)22(2,3)4/h5-12H,13H2,1-4H3,(H,23,27)(H,24,26,28). The Kier molecular flexibility index (Phi) is 6.89. The second-order valence-corrected chi connectivity index (χ2v) is 9.81. The highest BCUT2D eigenvalue weighted by molar-refractivity contribution is 8.00. The van der Waals surface area contributed by atoms with Gasteiger partial charge in [-0.25, -0.2) is 0 Å². The average molecular weight is 441 g/mol. The number of hydrogen-bond acceptors (Lipinski definition) is 6. The quantitative estimate of drug-likeness (QED) is 0.519. The predicted molar refractivity (Wildman–Crippen MR) is 124 cm³/mol. The van der Waals surface area contributed by atoms with Crippen molar-refractivity contribution >= 4 is 45.7 Å². The summed E-state index contributed by atoms with van der Waals surface area (Å²) in [5, 5.41) is 15.2. The summed E-state index contributed by atoms with van der Waals surface area (Å²) in [4.78, 5) is 25.8. The molecular formula is C22H24N4O2S2. The molecule has 2 N–H and O–H groups in total. The Morgan fingerprint density at radius 2 is 1.70 bits per heavy atom. The first-order valence-corrected chi connectivity index (χ1v) is 11.3. The maximum atomic E-state index is 12.8. The number of aryl methyl sites for hydroxylation is 1. The van der Waals surface area contributed by atoms with Crippen LogP contribution in [-0.2, 0) is 10.2 Å². The predicted octanol–water partition coefficient (Wildman–Crippen LogP) is 5.13. The zero-order valence-electron chi connectivity index (χ0n) is 17.4. The Bertz CT molecular complexity index is 1040. The molecule has 0 radical (unpaired) electrons. The van der Waals surface area contributed by atoms with E-state index in [4.69, 9.17) is 0 Å². The molecular weight excluding hydrogens is 416 g/mol. The van der Waals surface area contributed by atoms with Gasteiger partial charge in [-0.1, -0.05) is 61.9 Å². The molecule has 0 aliphatic rings. The monoisotopic (exact) mass is 440 g/mol. The number of carbonyl (C=O) groups is 2. The van der Waals surface area contributed by atoms with Gasteiger partial charge in [-0.3, -0.25) is 14.9 Å². The molecule has 1 heterocycles. The minimum absolute atomic E-state index is 0.126. The summed E-state index contributed by atoms with van der Waals surface area (Å²) in [6, 6.07) is 14.8. The van der Waals surface area contributed by atoms with E-state index in [0.29, 0.717) is 10.7 Å². The van der Waals surface area contributed by atoms with Crippen LogP contribution in [0.5, 0.6) is 0 Å². The molecule has 0 unspecified atom stereocenters. The average Bonchev–Trinajstić information content (AvgIpc) is 3.17. The summed E-state index contributed by atoms with van der Waals surface area (Å²) in [6.07, 6.45) is 0. The third kappa shape index (κ3) is 5.90. The lowest BCUT2D eigenvalue weighted by Crippen LogP contribution is -2.15. The molecule has 0 saturated carbocycles. The molecule has 0 fully saturated rings. The van der Waals surface area contributed by atoms with Crippen LogP contribution in [0.3, 0.4) is 0 Å². The SMILES string of the molecule is Cc1ccc(NC(=O)CSc2ccccc2C(=O)Nc2nnc(C(C)(C)C)s2)cc1. The van der Waals surface area contributed by atoms with E-state index in [2.05, 4.69) is 20.8 Å². The first-order chi connectivity index (χ1) is 14.2. The number of anilines is 2. The van der Waals surface area contributed by atoms with Crippen LogP contribution in [0.1, 0.15) is 41.7 Å². The summed E-state index contributed by atoms with van der Waals surface area (Å²) in [5.41, 5.74) is 2.26. The Morgan fingerprint density at radius 1 is 1.00 bits per heavy atom. The number of carbonyl (C=O) groups excluding carboxylic acids is 2. The highest BCUT2D eigenvalue weighted by Crippen LogP contribution is 2.29. The van der Waals surface area contributed by atoms with Gasteiger partial charge in [0.15, 0.2) is 0 Å². The normalized spacial score (nSPS) is 11.2. The molecule has 0 saturated heterocycles. The number of amides is 2. The van der Waals surface area contributed by atoms with Crippen LogP contribution in [0, 0.1) is 6.92 Å². The van der Waals surface area contributed by atoms with Crippen LogP contribution in [0.2, 0.25) is 0 Å². The van der Waals surface area contributed by atoms with Gasteiger partial charge in [-0.05, 0) is 31.2 Å². The number of thioether (sulfide) groups is 1. The van der Waals surface area contributed by atoms with Crippen molar-refractivity contribution in [3.8, 4) is 0 Å². The van der Waals surface area contributed by atoms with Crippen molar-refractivity contribution < 1.29 is 9.59 Å². The number of benzene rings is 2. The van der Waals surface area contributed by atoms with Crippen molar-refractivity contribution in [2.24, 2.45) is 0 Å². The van der Waals surface area contributed by atoms with Crippen molar-refractivity contribution in [2.45, 2.75) is 38.0 Å². The third-order valence-electron chi connectivity index (χ3n) is 4.11. The van der Waals surface area contributed by atoms with Gasteiger partial charge in [-0.2, -0.15) is 0 Å². The first-order valence-electron chi connectivity index (χ1n) is 9.46. The Labute approximate surface area is 184 Å². The van der Waals surface area contributed by atoms with Crippen LogP contribution in [0.15, 0.2) is 53.4 Å². The van der Waals surface area contributed by atoms with Crippen LogP contribution >= 0.6 is 23.1 Å². The molecule has 0 bridgehead atoms. The topological polar surface area (TPSA) is 84.0 Å². The molecule has 0 aliphatic heterocycles. The molecule has 156 valence electrons. The van der Waals surface area contributed by atoms with Gasteiger partial charge in [-0.15, -0.1) is 22.0 Å². The molecule has 8 heteroatoms. The summed E-state index contributed by atoms with van der Waals surface area (Å²) < 4.78 is 0. The van der Waals surface area contributed by atoms with Crippen molar-refractivity contribution in [3.63, 3.8) is 0 Å². The van der Waals surface area contributed by atoms with E-state index in [1.807, 2.05) is 64.1 Å². The van der Waals surface area contributed by atoms with E-state index in [1.165, 1.54) is 23.1 Å². The Balaban J connectivity index is 1.63. The molecule has 1 aromatic heterocycles. The minimum atomic E-state index is -0.270. The van der Waals surface area contributed by atoms with Gasteiger partial charge in [0.25, 0.3) is 5.91 Å². The van der Waals surface area contributed by atoms with Crippen LogP contribution < -0.4 is 10.6 Å². The van der Waals surface area contributed by atoms with Gasteiger partial charge in [0.2, 0.25) is 11.0 Å². The zero-order valence-corrected chi connectivity index (χ0v) is 19.0. The highest BCUT2D eigenvalue weighted by Gasteiger charge is 2.21. The molecule has 6 nitrogen and oxygen atoms in total. The summed E-state index contributed by atoms with van der Waals surface area (Å²) in [6.45, 7) is 8.14. The number of nitrogens with one attached hydrogen (secondary N) is 2. The molecule has 3 aromatic rings. The Hall–Kier alpha value is -2.71. The van der Waals surface area contributed by atoms with Gasteiger partial charge < -0.3 is 5.32 Å².